The molecule has 0 unspecified atom stereocenters. The quantitative estimate of drug-likeness (QED) is 0.422. The van der Waals surface area contributed by atoms with Crippen molar-refractivity contribution in [3.05, 3.63) is 32.9 Å². The van der Waals surface area contributed by atoms with Crippen molar-refractivity contribution in [1.29, 1.82) is 0 Å². The maximum atomic E-state index is 12.5. The molecule has 0 radical (unpaired) electrons. The van der Waals surface area contributed by atoms with E-state index in [0.29, 0.717) is 9.13 Å². The first-order chi connectivity index (χ1) is 5.15. The number of halogens is 4. The minimum absolute atomic E-state index is 0.204. The summed E-state index contributed by atoms with van der Waals surface area (Å²) in [5.41, 5.74) is 0.617. The third-order valence-electron chi connectivity index (χ3n) is 1.23. The first-order valence-electron chi connectivity index (χ1n) is 2.84. The summed E-state index contributed by atoms with van der Waals surface area (Å²) >= 11 is 7.37. The van der Waals surface area contributed by atoms with Crippen LogP contribution in [0.3, 0.4) is 0 Å². The molecule has 0 aromatic heterocycles. The van der Waals surface area contributed by atoms with Crippen molar-refractivity contribution >= 4 is 34.2 Å². The molecule has 1 rings (SSSR count). The van der Waals surface area contributed by atoms with Crippen LogP contribution in [-0.4, -0.2) is 0 Å². The molecule has 0 N–H and O–H groups in total. The van der Waals surface area contributed by atoms with E-state index in [2.05, 4.69) is 0 Å². The highest BCUT2D eigenvalue weighted by molar-refractivity contribution is 14.1. The Balaban J connectivity index is 3.21. The molecule has 0 aliphatic heterocycles. The normalized spacial score (nSPS) is 10.2. The Kier molecular flexibility index (Phi) is 3.06. The summed E-state index contributed by atoms with van der Waals surface area (Å²) < 4.78 is 25.6. The summed E-state index contributed by atoms with van der Waals surface area (Å²) in [5, 5.41) is 0. The number of benzene rings is 1. The molecule has 0 heterocycles. The zero-order valence-electron chi connectivity index (χ0n) is 5.37. The van der Waals surface area contributed by atoms with Gasteiger partial charge < -0.3 is 0 Å². The first kappa shape index (κ1) is 9.19. The second-order valence-corrected chi connectivity index (χ2v) is 3.42. The molecular weight excluding hydrogens is 284 g/mol. The number of hydrogen-bond donors (Lipinski definition) is 0. The van der Waals surface area contributed by atoms with E-state index in [-0.39, 0.29) is 5.88 Å². The lowest BCUT2D eigenvalue weighted by molar-refractivity contribution is 0.506. The molecule has 0 aliphatic rings. The predicted octanol–water partition coefficient (Wildman–Crippen LogP) is 3.31. The number of alkyl halides is 1. The molecule has 0 bridgehead atoms. The average Bonchev–Trinajstić information content (AvgIpc) is 1.97. The summed E-state index contributed by atoms with van der Waals surface area (Å²) in [7, 11) is 0. The van der Waals surface area contributed by atoms with Crippen LogP contribution in [0.15, 0.2) is 12.1 Å². The van der Waals surface area contributed by atoms with Crippen LogP contribution in [0.25, 0.3) is 0 Å². The molecular formula is C7H4ClF2I. The molecule has 0 saturated carbocycles. The van der Waals surface area contributed by atoms with Crippen molar-refractivity contribution in [3.63, 3.8) is 0 Å². The third-order valence-corrected chi connectivity index (χ3v) is 2.53. The lowest BCUT2D eigenvalue weighted by atomic mass is 10.2. The molecule has 0 amide bonds. The van der Waals surface area contributed by atoms with Crippen molar-refractivity contribution in [2.45, 2.75) is 5.88 Å². The molecule has 0 nitrogen and oxygen atoms in total. The van der Waals surface area contributed by atoms with Crippen molar-refractivity contribution in [1.82, 2.24) is 0 Å². The maximum absolute atomic E-state index is 12.5. The van der Waals surface area contributed by atoms with Crippen LogP contribution >= 0.6 is 34.2 Å². The summed E-state index contributed by atoms with van der Waals surface area (Å²) in [6.45, 7) is 0. The van der Waals surface area contributed by atoms with E-state index in [1.165, 1.54) is 0 Å². The van der Waals surface area contributed by atoms with Crippen LogP contribution in [0.1, 0.15) is 5.56 Å². The second kappa shape index (κ2) is 3.67. The second-order valence-electron chi connectivity index (χ2n) is 1.99. The minimum atomic E-state index is -0.846. The first-order valence-corrected chi connectivity index (χ1v) is 4.46. The fraction of sp³-hybridized carbons (Fsp3) is 0.143. The lowest BCUT2D eigenvalue weighted by Gasteiger charge is -2.00. The number of rotatable bonds is 1. The fourth-order valence-corrected chi connectivity index (χ4v) is 1.73. The van der Waals surface area contributed by atoms with Crippen molar-refractivity contribution in [2.75, 3.05) is 0 Å². The molecule has 4 heteroatoms. The third kappa shape index (κ3) is 2.02. The SMILES string of the molecule is Fc1cc(I)c(CCl)cc1F. The Labute approximate surface area is 81.7 Å². The summed E-state index contributed by atoms with van der Waals surface area (Å²) in [6.07, 6.45) is 0. The lowest BCUT2D eigenvalue weighted by Crippen LogP contribution is -1.90. The highest BCUT2D eigenvalue weighted by atomic mass is 127. The van der Waals surface area contributed by atoms with Gasteiger partial charge in [-0.05, 0) is 40.3 Å². The largest absolute Gasteiger partial charge is 0.204 e. The van der Waals surface area contributed by atoms with Crippen LogP contribution in [0.2, 0.25) is 0 Å². The van der Waals surface area contributed by atoms with Gasteiger partial charge in [-0.2, -0.15) is 0 Å². The average molecular weight is 288 g/mol. The molecule has 0 spiro atoms. The Morgan fingerprint density at radius 1 is 1.27 bits per heavy atom. The molecule has 1 aromatic rings. The molecule has 0 aliphatic carbocycles. The van der Waals surface area contributed by atoms with Gasteiger partial charge in [0.05, 0.1) is 0 Å². The van der Waals surface area contributed by atoms with Gasteiger partial charge in [-0.25, -0.2) is 8.78 Å². The topological polar surface area (TPSA) is 0 Å². The van der Waals surface area contributed by atoms with Crippen molar-refractivity contribution < 1.29 is 8.78 Å². The van der Waals surface area contributed by atoms with Crippen LogP contribution in [0, 0.1) is 15.2 Å². The summed E-state index contributed by atoms with van der Waals surface area (Å²) in [5.74, 6) is -1.47. The van der Waals surface area contributed by atoms with E-state index < -0.39 is 11.6 Å². The van der Waals surface area contributed by atoms with Gasteiger partial charge >= 0.3 is 0 Å². The van der Waals surface area contributed by atoms with Gasteiger partial charge in [0.25, 0.3) is 0 Å². The summed E-state index contributed by atoms with van der Waals surface area (Å²) in [4.78, 5) is 0. The predicted molar refractivity (Wildman–Crippen MR) is 48.6 cm³/mol. The summed E-state index contributed by atoms with van der Waals surface area (Å²) in [6, 6.07) is 2.25. The smallest absolute Gasteiger partial charge is 0.159 e. The van der Waals surface area contributed by atoms with Crippen LogP contribution in [0.4, 0.5) is 8.78 Å². The van der Waals surface area contributed by atoms with Gasteiger partial charge in [0.15, 0.2) is 11.6 Å². The van der Waals surface area contributed by atoms with E-state index in [9.17, 15) is 8.78 Å². The van der Waals surface area contributed by atoms with Crippen LogP contribution in [-0.2, 0) is 5.88 Å². The Morgan fingerprint density at radius 3 is 2.36 bits per heavy atom. The molecule has 60 valence electrons. The molecule has 1 aromatic carbocycles. The Bertz CT molecular complexity index is 275. The highest BCUT2D eigenvalue weighted by Crippen LogP contribution is 2.18. The number of hydrogen-bond acceptors (Lipinski definition) is 0. The monoisotopic (exact) mass is 288 g/mol. The van der Waals surface area contributed by atoms with Gasteiger partial charge in [-0.1, -0.05) is 0 Å². The zero-order valence-corrected chi connectivity index (χ0v) is 8.29. The van der Waals surface area contributed by atoms with E-state index >= 15 is 0 Å². The van der Waals surface area contributed by atoms with Gasteiger partial charge in [-0.15, -0.1) is 11.6 Å². The van der Waals surface area contributed by atoms with Gasteiger partial charge in [-0.3, -0.25) is 0 Å². The van der Waals surface area contributed by atoms with Gasteiger partial charge in [0.2, 0.25) is 0 Å². The molecule has 0 saturated heterocycles. The van der Waals surface area contributed by atoms with E-state index in [4.69, 9.17) is 11.6 Å². The van der Waals surface area contributed by atoms with Crippen LogP contribution in [0.5, 0.6) is 0 Å². The van der Waals surface area contributed by atoms with Gasteiger partial charge in [0.1, 0.15) is 0 Å². The minimum Gasteiger partial charge on any atom is -0.204 e. The van der Waals surface area contributed by atoms with E-state index in [1.807, 2.05) is 22.6 Å². The van der Waals surface area contributed by atoms with Gasteiger partial charge in [0, 0.05) is 9.45 Å². The Morgan fingerprint density at radius 2 is 1.82 bits per heavy atom. The highest BCUT2D eigenvalue weighted by Gasteiger charge is 2.06. The molecule has 11 heavy (non-hydrogen) atoms. The zero-order chi connectivity index (χ0) is 8.43. The standard InChI is InChI=1S/C7H4ClF2I/c8-3-4-1-5(9)6(10)2-7(4)11/h1-2H,3H2. The Hall–Kier alpha value is 0.1000. The molecule has 0 fully saturated rings. The van der Waals surface area contributed by atoms with E-state index in [1.54, 1.807) is 0 Å². The molecule has 0 atom stereocenters. The fourth-order valence-electron chi connectivity index (χ4n) is 0.666. The van der Waals surface area contributed by atoms with Crippen LogP contribution < -0.4 is 0 Å². The van der Waals surface area contributed by atoms with E-state index in [0.717, 1.165) is 12.1 Å². The maximum Gasteiger partial charge on any atom is 0.159 e. The van der Waals surface area contributed by atoms with Crippen molar-refractivity contribution in [2.24, 2.45) is 0 Å². The van der Waals surface area contributed by atoms with Crippen molar-refractivity contribution in [3.8, 4) is 0 Å².